The summed E-state index contributed by atoms with van der Waals surface area (Å²) in [6, 6.07) is 9.59. The first-order chi connectivity index (χ1) is 15.2. The van der Waals surface area contributed by atoms with Crippen LogP contribution in [0.15, 0.2) is 42.7 Å². The Morgan fingerprint density at radius 3 is 2.39 bits per heavy atom. The third kappa shape index (κ3) is 6.09. The highest BCUT2D eigenvalue weighted by atomic mass is 16.2. The van der Waals surface area contributed by atoms with E-state index < -0.39 is 0 Å². The third-order valence-electron chi connectivity index (χ3n) is 6.64. The average Bonchev–Trinajstić information content (AvgIpc) is 3.54. The van der Waals surface area contributed by atoms with Crippen molar-refractivity contribution in [3.63, 3.8) is 0 Å². The zero-order valence-corrected chi connectivity index (χ0v) is 18.1. The van der Waals surface area contributed by atoms with Gasteiger partial charge in [0.25, 0.3) is 0 Å². The SMILES string of the molecule is O=C(Cn1cccn1)Nc1cccc(CNC(=O)NC(C2CCCC2)C2CCCC2)c1. The number of nitrogens with zero attached hydrogens (tertiary/aromatic N) is 2. The summed E-state index contributed by atoms with van der Waals surface area (Å²) < 4.78 is 1.58. The second-order valence-electron chi connectivity index (χ2n) is 8.89. The predicted molar refractivity (Wildman–Crippen MR) is 120 cm³/mol. The van der Waals surface area contributed by atoms with Gasteiger partial charge in [-0.15, -0.1) is 0 Å². The number of carbonyl (C=O) groups excluding carboxylic acids is 2. The Morgan fingerprint density at radius 2 is 1.74 bits per heavy atom. The highest BCUT2D eigenvalue weighted by Crippen LogP contribution is 2.37. The molecule has 0 saturated heterocycles. The molecule has 3 N–H and O–H groups in total. The van der Waals surface area contributed by atoms with Crippen LogP contribution in [-0.4, -0.2) is 27.8 Å². The number of aromatic nitrogens is 2. The van der Waals surface area contributed by atoms with E-state index in [2.05, 4.69) is 21.0 Å². The van der Waals surface area contributed by atoms with Crippen LogP contribution >= 0.6 is 0 Å². The van der Waals surface area contributed by atoms with Gasteiger partial charge in [-0.2, -0.15) is 5.10 Å². The fourth-order valence-electron chi connectivity index (χ4n) is 5.14. The number of amides is 3. The molecule has 0 spiro atoms. The van der Waals surface area contributed by atoms with E-state index in [-0.39, 0.29) is 18.5 Å². The second kappa shape index (κ2) is 10.5. The van der Waals surface area contributed by atoms with Gasteiger partial charge in [0.05, 0.1) is 0 Å². The zero-order chi connectivity index (χ0) is 21.5. The first-order valence-corrected chi connectivity index (χ1v) is 11.6. The fourth-order valence-corrected chi connectivity index (χ4v) is 5.14. The first kappa shape index (κ1) is 21.4. The number of carbonyl (C=O) groups is 2. The van der Waals surface area contributed by atoms with Crippen molar-refractivity contribution < 1.29 is 9.59 Å². The van der Waals surface area contributed by atoms with Gasteiger partial charge in [-0.25, -0.2) is 4.79 Å². The van der Waals surface area contributed by atoms with Crippen LogP contribution in [0.4, 0.5) is 10.5 Å². The fraction of sp³-hybridized carbons (Fsp3) is 0.542. The number of nitrogens with one attached hydrogen (secondary N) is 3. The van der Waals surface area contributed by atoms with Gasteiger partial charge >= 0.3 is 6.03 Å². The monoisotopic (exact) mass is 423 g/mol. The topological polar surface area (TPSA) is 88.1 Å². The Kier molecular flexibility index (Phi) is 7.22. The van der Waals surface area contributed by atoms with Crippen LogP contribution in [0.2, 0.25) is 0 Å². The number of hydrogen-bond acceptors (Lipinski definition) is 3. The normalized spacial score (nSPS) is 17.2. The van der Waals surface area contributed by atoms with Gasteiger partial charge in [0.15, 0.2) is 0 Å². The minimum Gasteiger partial charge on any atom is -0.335 e. The van der Waals surface area contributed by atoms with Gasteiger partial charge in [-0.3, -0.25) is 9.48 Å². The molecule has 0 atom stereocenters. The molecule has 7 heteroatoms. The predicted octanol–water partition coefficient (Wildman–Crippen LogP) is 4.07. The second-order valence-corrected chi connectivity index (χ2v) is 8.89. The number of anilines is 1. The van der Waals surface area contributed by atoms with Gasteiger partial charge in [0.2, 0.25) is 5.91 Å². The summed E-state index contributed by atoms with van der Waals surface area (Å²) in [4.78, 5) is 24.9. The largest absolute Gasteiger partial charge is 0.335 e. The number of urea groups is 1. The van der Waals surface area contributed by atoms with Crippen molar-refractivity contribution in [2.75, 3.05) is 5.32 Å². The lowest BCUT2D eigenvalue weighted by molar-refractivity contribution is -0.116. The van der Waals surface area contributed by atoms with Crippen molar-refractivity contribution in [3.05, 3.63) is 48.3 Å². The Labute approximate surface area is 184 Å². The molecule has 0 unspecified atom stereocenters. The molecule has 0 bridgehead atoms. The van der Waals surface area contributed by atoms with Gasteiger partial charge < -0.3 is 16.0 Å². The van der Waals surface area contributed by atoms with Gasteiger partial charge in [0.1, 0.15) is 6.54 Å². The molecule has 2 saturated carbocycles. The first-order valence-electron chi connectivity index (χ1n) is 11.6. The molecule has 2 aromatic rings. The van der Waals surface area contributed by atoms with E-state index in [0.29, 0.717) is 30.1 Å². The molecule has 3 amide bonds. The molecule has 2 aliphatic rings. The standard InChI is InChI=1S/C24H33N5O2/c30-22(17-29-14-6-13-26-29)27-21-12-5-7-18(15-21)16-25-24(31)28-23(19-8-1-2-9-19)20-10-3-4-11-20/h5-7,12-15,19-20,23H,1-4,8-11,16-17H2,(H,27,30)(H2,25,28,31). The van der Waals surface area contributed by atoms with Crippen LogP contribution in [0.25, 0.3) is 0 Å². The summed E-state index contributed by atoms with van der Waals surface area (Å²) in [6.07, 6.45) is 13.5. The van der Waals surface area contributed by atoms with Crippen molar-refractivity contribution >= 4 is 17.6 Å². The van der Waals surface area contributed by atoms with E-state index in [1.165, 1.54) is 51.4 Å². The third-order valence-corrected chi connectivity index (χ3v) is 6.64. The summed E-state index contributed by atoms with van der Waals surface area (Å²) in [5, 5.41) is 13.3. The number of benzene rings is 1. The van der Waals surface area contributed by atoms with E-state index in [4.69, 9.17) is 0 Å². The van der Waals surface area contributed by atoms with E-state index in [9.17, 15) is 9.59 Å². The highest BCUT2D eigenvalue weighted by Gasteiger charge is 2.34. The Balaban J connectivity index is 1.28. The maximum Gasteiger partial charge on any atom is 0.315 e. The zero-order valence-electron chi connectivity index (χ0n) is 18.1. The molecule has 2 fully saturated rings. The molecule has 1 aromatic carbocycles. The lowest BCUT2D eigenvalue weighted by Gasteiger charge is -2.30. The van der Waals surface area contributed by atoms with E-state index in [1.807, 2.05) is 24.3 Å². The van der Waals surface area contributed by atoms with Crippen LogP contribution in [0.5, 0.6) is 0 Å². The van der Waals surface area contributed by atoms with Crippen LogP contribution < -0.4 is 16.0 Å². The molecule has 166 valence electrons. The Hall–Kier alpha value is -2.83. The number of rotatable bonds is 8. The highest BCUT2D eigenvalue weighted by molar-refractivity contribution is 5.90. The molecule has 0 radical (unpaired) electrons. The molecule has 31 heavy (non-hydrogen) atoms. The van der Waals surface area contributed by atoms with Crippen LogP contribution in [-0.2, 0) is 17.9 Å². The summed E-state index contributed by atoms with van der Waals surface area (Å²) in [7, 11) is 0. The van der Waals surface area contributed by atoms with Crippen LogP contribution in [0.1, 0.15) is 56.9 Å². The average molecular weight is 424 g/mol. The van der Waals surface area contributed by atoms with Gasteiger partial charge in [-0.05, 0) is 61.3 Å². The van der Waals surface area contributed by atoms with E-state index in [1.54, 1.807) is 23.1 Å². The van der Waals surface area contributed by atoms with Crippen molar-refractivity contribution in [2.24, 2.45) is 11.8 Å². The van der Waals surface area contributed by atoms with Crippen molar-refractivity contribution in [3.8, 4) is 0 Å². The summed E-state index contributed by atoms with van der Waals surface area (Å²) in [6.45, 7) is 0.596. The molecule has 1 aromatic heterocycles. The molecule has 4 rings (SSSR count). The molecular formula is C24H33N5O2. The lowest BCUT2D eigenvalue weighted by Crippen LogP contribution is -2.48. The maximum atomic E-state index is 12.7. The lowest BCUT2D eigenvalue weighted by atomic mass is 9.86. The molecular weight excluding hydrogens is 390 g/mol. The van der Waals surface area contributed by atoms with Crippen LogP contribution in [0.3, 0.4) is 0 Å². The summed E-state index contributed by atoms with van der Waals surface area (Å²) >= 11 is 0. The minimum absolute atomic E-state index is 0.0862. The Bertz CT molecular complexity index is 839. The molecule has 1 heterocycles. The smallest absolute Gasteiger partial charge is 0.315 e. The van der Waals surface area contributed by atoms with Gasteiger partial charge in [-0.1, -0.05) is 37.8 Å². The quantitative estimate of drug-likeness (QED) is 0.598. The molecule has 0 aliphatic heterocycles. The summed E-state index contributed by atoms with van der Waals surface area (Å²) in [5.41, 5.74) is 1.66. The van der Waals surface area contributed by atoms with Crippen LogP contribution in [0, 0.1) is 11.8 Å². The summed E-state index contributed by atoms with van der Waals surface area (Å²) in [5.74, 6) is 1.12. The Morgan fingerprint density at radius 1 is 1.03 bits per heavy atom. The maximum absolute atomic E-state index is 12.7. The number of hydrogen-bond donors (Lipinski definition) is 3. The van der Waals surface area contributed by atoms with Crippen molar-refractivity contribution in [2.45, 2.75) is 70.5 Å². The van der Waals surface area contributed by atoms with E-state index in [0.717, 1.165) is 5.56 Å². The van der Waals surface area contributed by atoms with Crippen molar-refractivity contribution in [1.29, 1.82) is 0 Å². The van der Waals surface area contributed by atoms with Gasteiger partial charge in [0, 0.05) is 30.7 Å². The minimum atomic E-state index is -0.137. The van der Waals surface area contributed by atoms with Crippen molar-refractivity contribution in [1.82, 2.24) is 20.4 Å². The van der Waals surface area contributed by atoms with E-state index >= 15 is 0 Å². The molecule has 2 aliphatic carbocycles. The molecule has 7 nitrogen and oxygen atoms in total.